The van der Waals surface area contributed by atoms with E-state index >= 15 is 0 Å². The number of aliphatic hydroxyl groups excluding tert-OH is 1. The Kier molecular flexibility index (Phi) is 8.55. The van der Waals surface area contributed by atoms with Crippen LogP contribution in [0.5, 0.6) is 0 Å². The molecule has 3 fully saturated rings. The molecular weight excluding hydrogens is 328 g/mol. The molecule has 0 aromatic rings. The first-order valence-corrected chi connectivity index (χ1v) is 12.8. The van der Waals surface area contributed by atoms with E-state index in [2.05, 4.69) is 20.8 Å². The molecule has 3 aliphatic rings. The first-order chi connectivity index (χ1) is 13.2. The highest BCUT2D eigenvalue weighted by Crippen LogP contribution is 2.51. The minimum Gasteiger partial charge on any atom is -0.396 e. The average molecular weight is 377 g/mol. The molecule has 1 nitrogen and oxygen atoms in total. The Morgan fingerprint density at radius 2 is 1.19 bits per heavy atom. The molecule has 0 aliphatic heterocycles. The highest BCUT2D eigenvalue weighted by atomic mass is 16.3. The van der Waals surface area contributed by atoms with Gasteiger partial charge < -0.3 is 5.11 Å². The van der Waals surface area contributed by atoms with E-state index in [4.69, 9.17) is 0 Å². The second-order valence-electron chi connectivity index (χ2n) is 10.7. The van der Waals surface area contributed by atoms with Crippen LogP contribution in [-0.2, 0) is 0 Å². The summed E-state index contributed by atoms with van der Waals surface area (Å²) >= 11 is 0. The van der Waals surface area contributed by atoms with Crippen molar-refractivity contribution in [1.82, 2.24) is 0 Å². The maximum Gasteiger partial charge on any atom is 0.0459 e. The average Bonchev–Trinajstić information content (AvgIpc) is 2.73. The van der Waals surface area contributed by atoms with E-state index < -0.39 is 0 Å². The van der Waals surface area contributed by atoms with Crippen molar-refractivity contribution < 1.29 is 5.11 Å². The van der Waals surface area contributed by atoms with Crippen LogP contribution in [-0.4, -0.2) is 11.7 Å². The van der Waals surface area contributed by atoms with E-state index in [1.54, 1.807) is 0 Å². The fourth-order valence-corrected chi connectivity index (χ4v) is 7.76. The second kappa shape index (κ2) is 10.7. The lowest BCUT2D eigenvalue weighted by Crippen LogP contribution is -2.38. The van der Waals surface area contributed by atoms with E-state index in [-0.39, 0.29) is 0 Å². The maximum absolute atomic E-state index is 9.61. The molecular formula is C26H48O. The predicted octanol–water partition coefficient (Wildman–Crippen LogP) is 7.47. The van der Waals surface area contributed by atoms with Gasteiger partial charge in [-0.1, -0.05) is 59.3 Å². The van der Waals surface area contributed by atoms with Crippen molar-refractivity contribution in [2.75, 3.05) is 6.61 Å². The normalized spacial score (nSPS) is 43.6. The third-order valence-electron chi connectivity index (χ3n) is 9.34. The lowest BCUT2D eigenvalue weighted by Gasteiger charge is -2.47. The van der Waals surface area contributed by atoms with Gasteiger partial charge in [-0.2, -0.15) is 0 Å². The molecule has 1 heteroatoms. The number of rotatable bonds is 7. The summed E-state index contributed by atoms with van der Waals surface area (Å²) in [5, 5.41) is 9.61. The molecule has 0 heterocycles. The Bertz CT molecular complexity index is 410. The van der Waals surface area contributed by atoms with Crippen LogP contribution in [0.3, 0.4) is 0 Å². The number of aliphatic hydroxyl groups is 1. The molecule has 0 bridgehead atoms. The molecule has 3 saturated carbocycles. The Labute approximate surface area is 170 Å². The highest BCUT2D eigenvalue weighted by molar-refractivity contribution is 4.91. The summed E-state index contributed by atoms with van der Waals surface area (Å²) in [7, 11) is 0. The van der Waals surface area contributed by atoms with Crippen LogP contribution >= 0.6 is 0 Å². The van der Waals surface area contributed by atoms with Gasteiger partial charge in [0.05, 0.1) is 0 Å². The molecule has 0 spiro atoms. The third kappa shape index (κ3) is 5.31. The van der Waals surface area contributed by atoms with Crippen molar-refractivity contribution in [2.24, 2.45) is 47.3 Å². The van der Waals surface area contributed by atoms with Crippen LogP contribution in [0.4, 0.5) is 0 Å². The predicted molar refractivity (Wildman–Crippen MR) is 117 cm³/mol. The van der Waals surface area contributed by atoms with Crippen molar-refractivity contribution in [3.05, 3.63) is 0 Å². The molecule has 27 heavy (non-hydrogen) atoms. The fraction of sp³-hybridized carbons (Fsp3) is 1.00. The van der Waals surface area contributed by atoms with Crippen LogP contribution in [0.2, 0.25) is 0 Å². The molecule has 6 atom stereocenters. The van der Waals surface area contributed by atoms with Gasteiger partial charge in [-0.05, 0) is 98.7 Å². The van der Waals surface area contributed by atoms with Gasteiger partial charge in [0, 0.05) is 6.61 Å². The van der Waals surface area contributed by atoms with Crippen molar-refractivity contribution in [3.63, 3.8) is 0 Å². The Morgan fingerprint density at radius 3 is 1.81 bits per heavy atom. The standard InChI is InChI=1S/C26H48O/c1-4-7-19-8-11-23(12-9-19)25-15-13-24(17-22(25)6-3)26-14-10-20(18-27)16-21(26)5-2/h19-27H,4-18H2,1-3H3. The molecule has 1 N–H and O–H groups in total. The van der Waals surface area contributed by atoms with Gasteiger partial charge in [0.2, 0.25) is 0 Å². The fourth-order valence-electron chi connectivity index (χ4n) is 7.76. The van der Waals surface area contributed by atoms with E-state index in [1.165, 1.54) is 89.9 Å². The zero-order valence-corrected chi connectivity index (χ0v) is 18.7. The van der Waals surface area contributed by atoms with Crippen LogP contribution in [0, 0.1) is 47.3 Å². The molecule has 0 aromatic carbocycles. The minimum absolute atomic E-state index is 0.425. The smallest absolute Gasteiger partial charge is 0.0459 e. The van der Waals surface area contributed by atoms with E-state index in [9.17, 15) is 5.11 Å². The van der Waals surface area contributed by atoms with E-state index in [0.717, 1.165) is 41.4 Å². The number of hydrogen-bond acceptors (Lipinski definition) is 1. The van der Waals surface area contributed by atoms with Gasteiger partial charge in [-0.15, -0.1) is 0 Å². The summed E-state index contributed by atoms with van der Waals surface area (Å²) in [6.07, 6.45) is 20.3. The first-order valence-electron chi connectivity index (χ1n) is 12.8. The minimum atomic E-state index is 0.425. The SMILES string of the molecule is CCCC1CCC(C2CCC(C3CCC(CO)CC3CC)CC2CC)CC1. The highest BCUT2D eigenvalue weighted by Gasteiger charge is 2.41. The van der Waals surface area contributed by atoms with Gasteiger partial charge in [-0.25, -0.2) is 0 Å². The van der Waals surface area contributed by atoms with Crippen LogP contribution in [0.1, 0.15) is 111 Å². The van der Waals surface area contributed by atoms with Crippen molar-refractivity contribution in [1.29, 1.82) is 0 Å². The van der Waals surface area contributed by atoms with E-state index in [0.29, 0.717) is 12.5 Å². The lowest BCUT2D eigenvalue weighted by molar-refractivity contribution is 0.0227. The van der Waals surface area contributed by atoms with Crippen molar-refractivity contribution in [3.8, 4) is 0 Å². The summed E-state index contributed by atoms with van der Waals surface area (Å²) in [6.45, 7) is 7.66. The first kappa shape index (κ1) is 21.7. The quantitative estimate of drug-likeness (QED) is 0.488. The van der Waals surface area contributed by atoms with Crippen molar-refractivity contribution in [2.45, 2.75) is 111 Å². The summed E-state index contributed by atoms with van der Waals surface area (Å²) in [6, 6.07) is 0. The van der Waals surface area contributed by atoms with Gasteiger partial charge in [-0.3, -0.25) is 0 Å². The largest absolute Gasteiger partial charge is 0.396 e. The van der Waals surface area contributed by atoms with Crippen LogP contribution in [0.15, 0.2) is 0 Å². The Morgan fingerprint density at radius 1 is 0.630 bits per heavy atom. The maximum atomic E-state index is 9.61. The molecule has 0 radical (unpaired) electrons. The molecule has 158 valence electrons. The zero-order chi connectivity index (χ0) is 19.2. The summed E-state index contributed by atoms with van der Waals surface area (Å²) in [5.74, 6) is 7.60. The summed E-state index contributed by atoms with van der Waals surface area (Å²) in [4.78, 5) is 0. The molecule has 0 aromatic heterocycles. The summed E-state index contributed by atoms with van der Waals surface area (Å²) < 4.78 is 0. The Balaban J connectivity index is 1.55. The molecule has 3 rings (SSSR count). The zero-order valence-electron chi connectivity index (χ0n) is 18.7. The van der Waals surface area contributed by atoms with Gasteiger partial charge in [0.25, 0.3) is 0 Å². The van der Waals surface area contributed by atoms with Crippen molar-refractivity contribution >= 4 is 0 Å². The summed E-state index contributed by atoms with van der Waals surface area (Å²) in [5.41, 5.74) is 0. The van der Waals surface area contributed by atoms with Crippen LogP contribution in [0.25, 0.3) is 0 Å². The van der Waals surface area contributed by atoms with Gasteiger partial charge in [0.1, 0.15) is 0 Å². The monoisotopic (exact) mass is 376 g/mol. The third-order valence-corrected chi connectivity index (χ3v) is 9.34. The molecule has 6 unspecified atom stereocenters. The molecule has 0 amide bonds. The van der Waals surface area contributed by atoms with Gasteiger partial charge >= 0.3 is 0 Å². The topological polar surface area (TPSA) is 20.2 Å². The second-order valence-corrected chi connectivity index (χ2v) is 10.7. The van der Waals surface area contributed by atoms with E-state index in [1.807, 2.05) is 0 Å². The lowest BCUT2D eigenvalue weighted by atomic mass is 9.58. The number of hydrogen-bond donors (Lipinski definition) is 1. The van der Waals surface area contributed by atoms with Gasteiger partial charge in [0.15, 0.2) is 0 Å². The van der Waals surface area contributed by atoms with Crippen LogP contribution < -0.4 is 0 Å². The molecule has 0 saturated heterocycles. The molecule has 3 aliphatic carbocycles. The Hall–Kier alpha value is -0.0400.